The maximum absolute atomic E-state index is 13.0. The molecule has 6 rings (SSSR count). The zero-order valence-electron chi connectivity index (χ0n) is 16.7. The lowest BCUT2D eigenvalue weighted by atomic mass is 9.49. The molecule has 2 bridgehead atoms. The van der Waals surface area contributed by atoms with Crippen LogP contribution in [0.4, 0.5) is 0 Å². The fraction of sp³-hybridized carbons (Fsp3) is 0.480. The molecule has 150 valence electrons. The van der Waals surface area contributed by atoms with Crippen LogP contribution in [0.5, 0.6) is 5.75 Å². The summed E-state index contributed by atoms with van der Waals surface area (Å²) < 4.78 is 13.2. The minimum absolute atomic E-state index is 0.244. The summed E-state index contributed by atoms with van der Waals surface area (Å²) in [5.74, 6) is 1.17. The van der Waals surface area contributed by atoms with Crippen LogP contribution in [0.2, 0.25) is 0 Å². The van der Waals surface area contributed by atoms with Gasteiger partial charge in [-0.1, -0.05) is 42.5 Å². The average molecular weight is 389 g/mol. The van der Waals surface area contributed by atoms with E-state index in [1.54, 1.807) is 0 Å². The lowest BCUT2D eigenvalue weighted by Gasteiger charge is -2.61. The predicted molar refractivity (Wildman–Crippen MR) is 110 cm³/mol. The van der Waals surface area contributed by atoms with Gasteiger partial charge in [0.1, 0.15) is 5.75 Å². The van der Waals surface area contributed by atoms with Crippen molar-refractivity contribution < 1.29 is 14.3 Å². The molecule has 2 aliphatic carbocycles. The van der Waals surface area contributed by atoms with Crippen molar-refractivity contribution in [3.8, 4) is 5.75 Å². The fourth-order valence-electron chi connectivity index (χ4n) is 6.64. The largest absolute Gasteiger partial charge is 0.481 e. The van der Waals surface area contributed by atoms with Crippen LogP contribution in [0, 0.1) is 0 Å². The monoisotopic (exact) mass is 389 g/mol. The van der Waals surface area contributed by atoms with E-state index >= 15 is 0 Å². The van der Waals surface area contributed by atoms with Crippen LogP contribution < -0.4 is 10.1 Å². The Bertz CT molecular complexity index is 958. The Balaban J connectivity index is 1.35. The van der Waals surface area contributed by atoms with E-state index in [0.29, 0.717) is 13.0 Å². The van der Waals surface area contributed by atoms with Crippen molar-refractivity contribution in [2.75, 3.05) is 13.2 Å². The molecule has 29 heavy (non-hydrogen) atoms. The highest BCUT2D eigenvalue weighted by molar-refractivity contribution is 5.89. The van der Waals surface area contributed by atoms with Crippen LogP contribution in [0.15, 0.2) is 48.5 Å². The van der Waals surface area contributed by atoms with Gasteiger partial charge in [-0.2, -0.15) is 0 Å². The van der Waals surface area contributed by atoms with Gasteiger partial charge in [-0.25, -0.2) is 0 Å². The fourth-order valence-corrected chi connectivity index (χ4v) is 6.64. The second kappa shape index (κ2) is 6.41. The first-order valence-corrected chi connectivity index (χ1v) is 11.0. The molecule has 1 unspecified atom stereocenters. The molecule has 1 spiro atoms. The predicted octanol–water partition coefficient (Wildman–Crippen LogP) is 3.35. The van der Waals surface area contributed by atoms with E-state index in [-0.39, 0.29) is 28.9 Å². The maximum atomic E-state index is 13.0. The second-order valence-electron chi connectivity index (χ2n) is 9.01. The zero-order valence-corrected chi connectivity index (χ0v) is 16.7. The number of carbonyl (C=O) groups is 1. The highest BCUT2D eigenvalue weighted by Gasteiger charge is 2.72. The second-order valence-corrected chi connectivity index (χ2v) is 9.01. The quantitative estimate of drug-likeness (QED) is 0.797. The van der Waals surface area contributed by atoms with Crippen LogP contribution >= 0.6 is 0 Å². The summed E-state index contributed by atoms with van der Waals surface area (Å²) in [5.41, 5.74) is 3.29. The number of benzene rings is 2. The number of aryl methyl sites for hydroxylation is 1. The minimum Gasteiger partial charge on any atom is -0.481 e. The van der Waals surface area contributed by atoms with Gasteiger partial charge >= 0.3 is 0 Å². The van der Waals surface area contributed by atoms with Crippen molar-refractivity contribution in [2.45, 2.75) is 61.7 Å². The van der Waals surface area contributed by atoms with Crippen LogP contribution in [0.1, 0.15) is 42.4 Å². The number of Topliss-reactive ketones (excluding diaryl/α,β-unsaturated/α-hetero) is 1. The van der Waals surface area contributed by atoms with Gasteiger partial charge in [-0.3, -0.25) is 4.79 Å². The molecule has 1 saturated heterocycles. The first-order chi connectivity index (χ1) is 14.2. The molecule has 0 radical (unpaired) electrons. The van der Waals surface area contributed by atoms with Gasteiger partial charge in [0.15, 0.2) is 11.9 Å². The highest BCUT2D eigenvalue weighted by atomic mass is 16.5. The van der Waals surface area contributed by atoms with E-state index < -0.39 is 0 Å². The Kier molecular flexibility index (Phi) is 3.91. The third kappa shape index (κ3) is 2.30. The van der Waals surface area contributed by atoms with Gasteiger partial charge in [0, 0.05) is 24.6 Å². The molecule has 0 aromatic heterocycles. The number of nitrogens with one attached hydrogen (secondary N) is 1. The number of ketones is 1. The highest BCUT2D eigenvalue weighted by Crippen LogP contribution is 2.63. The van der Waals surface area contributed by atoms with Gasteiger partial charge in [0.05, 0.1) is 11.0 Å². The summed E-state index contributed by atoms with van der Waals surface area (Å²) in [7, 11) is 0. The Morgan fingerprint density at radius 2 is 2.00 bits per heavy atom. The lowest BCUT2D eigenvalue weighted by molar-refractivity contribution is -0.189. The van der Waals surface area contributed by atoms with Gasteiger partial charge < -0.3 is 14.8 Å². The average Bonchev–Trinajstić information content (AvgIpc) is 3.08. The van der Waals surface area contributed by atoms with Crippen molar-refractivity contribution in [1.29, 1.82) is 0 Å². The van der Waals surface area contributed by atoms with Gasteiger partial charge in [-0.15, -0.1) is 0 Å². The van der Waals surface area contributed by atoms with Crippen molar-refractivity contribution in [3.63, 3.8) is 0 Å². The maximum Gasteiger partial charge on any atom is 0.174 e. The summed E-state index contributed by atoms with van der Waals surface area (Å²) >= 11 is 0. The molecule has 2 aliphatic heterocycles. The van der Waals surface area contributed by atoms with Crippen LogP contribution in [0.25, 0.3) is 0 Å². The number of hydrogen-bond acceptors (Lipinski definition) is 4. The molecule has 4 heteroatoms. The first kappa shape index (κ1) is 17.7. The lowest BCUT2D eigenvalue weighted by Crippen LogP contribution is -2.77. The van der Waals surface area contributed by atoms with Crippen molar-refractivity contribution >= 4 is 5.78 Å². The van der Waals surface area contributed by atoms with Crippen molar-refractivity contribution in [1.82, 2.24) is 5.32 Å². The smallest absolute Gasteiger partial charge is 0.174 e. The first-order valence-electron chi connectivity index (χ1n) is 11.0. The van der Waals surface area contributed by atoms with Crippen molar-refractivity contribution in [2.24, 2.45) is 0 Å². The zero-order chi connectivity index (χ0) is 19.5. The van der Waals surface area contributed by atoms with Gasteiger partial charge in [0.25, 0.3) is 0 Å². The summed E-state index contributed by atoms with van der Waals surface area (Å²) in [4.78, 5) is 13.0. The Morgan fingerprint density at radius 3 is 2.90 bits per heavy atom. The van der Waals surface area contributed by atoms with Crippen molar-refractivity contribution in [3.05, 3.63) is 65.2 Å². The van der Waals surface area contributed by atoms with E-state index in [1.807, 2.05) is 6.07 Å². The molecule has 1 N–H and O–H groups in total. The number of hydrogen-bond donors (Lipinski definition) is 1. The number of carbonyl (C=O) groups excluding carboxylic acids is 1. The third-order valence-corrected chi connectivity index (χ3v) is 7.75. The van der Waals surface area contributed by atoms with Crippen LogP contribution in [-0.4, -0.2) is 36.7 Å². The molecule has 4 atom stereocenters. The number of ether oxygens (including phenoxy) is 2. The Hall–Kier alpha value is -2.17. The molecule has 0 amide bonds. The molecule has 4 nitrogen and oxygen atoms in total. The summed E-state index contributed by atoms with van der Waals surface area (Å²) in [6.45, 7) is 1.63. The topological polar surface area (TPSA) is 47.6 Å². The molecule has 4 aliphatic rings. The SMILES string of the molecule is O=C1CC[C@@]2(OCCCc3ccccc3)[C@H]3Cc4cccc5c4[C@@]2(CCN3)C1O5. The van der Waals surface area contributed by atoms with E-state index in [0.717, 1.165) is 44.4 Å². The van der Waals surface area contributed by atoms with E-state index in [2.05, 4.69) is 47.8 Å². The molecule has 1 saturated carbocycles. The Morgan fingerprint density at radius 1 is 1.10 bits per heavy atom. The third-order valence-electron chi connectivity index (χ3n) is 7.75. The van der Waals surface area contributed by atoms with Gasteiger partial charge in [0.2, 0.25) is 0 Å². The Labute approximate surface area is 171 Å². The van der Waals surface area contributed by atoms with Crippen LogP contribution in [0.3, 0.4) is 0 Å². The molecule has 2 aromatic carbocycles. The number of piperidine rings is 1. The molecule has 2 fully saturated rings. The summed E-state index contributed by atoms with van der Waals surface area (Å²) in [6, 6.07) is 17.2. The van der Waals surface area contributed by atoms with E-state index in [4.69, 9.17) is 9.47 Å². The minimum atomic E-state index is -0.383. The summed E-state index contributed by atoms with van der Waals surface area (Å²) in [5, 5.41) is 3.75. The molecular formula is C25H27NO3. The molecule has 2 heterocycles. The van der Waals surface area contributed by atoms with Crippen LogP contribution in [-0.2, 0) is 27.8 Å². The molecular weight excluding hydrogens is 362 g/mol. The molecule has 2 aromatic rings. The number of rotatable bonds is 5. The van der Waals surface area contributed by atoms with E-state index in [1.165, 1.54) is 16.7 Å². The van der Waals surface area contributed by atoms with Gasteiger partial charge in [-0.05, 0) is 55.8 Å². The normalized spacial score (nSPS) is 33.9. The van der Waals surface area contributed by atoms with E-state index in [9.17, 15) is 4.79 Å². The summed E-state index contributed by atoms with van der Waals surface area (Å²) in [6.07, 6.45) is 4.82. The standard InChI is InChI=1S/C25H27NO3/c27-19-11-12-25(28-15-5-8-17-6-2-1-3-7-17)21-16-18-9-4-10-20-22(18)24(25,13-14-26-21)23(19)29-20/h1-4,6-7,9-10,21,23,26H,5,8,11-16H2/t21-,23?,24+,25-/m1/s1.